The van der Waals surface area contributed by atoms with Gasteiger partial charge in [0, 0.05) is 26.2 Å². The quantitative estimate of drug-likeness (QED) is 0.647. The lowest BCUT2D eigenvalue weighted by molar-refractivity contribution is -0.156. The summed E-state index contributed by atoms with van der Waals surface area (Å²) < 4.78 is 0. The van der Waals surface area contributed by atoms with Crippen molar-refractivity contribution in [3.63, 3.8) is 0 Å². The third kappa shape index (κ3) is 3.25. The van der Waals surface area contributed by atoms with Gasteiger partial charge in [0.2, 0.25) is 0 Å². The lowest BCUT2D eigenvalue weighted by atomic mass is 9.83. The first-order chi connectivity index (χ1) is 9.03. The molecule has 0 aromatic carbocycles. The van der Waals surface area contributed by atoms with E-state index in [1.165, 1.54) is 4.90 Å². The zero-order valence-corrected chi connectivity index (χ0v) is 11.1. The second kappa shape index (κ2) is 5.88. The molecule has 0 bridgehead atoms. The fourth-order valence-electron chi connectivity index (χ4n) is 2.91. The van der Waals surface area contributed by atoms with Crippen LogP contribution in [0.2, 0.25) is 0 Å². The van der Waals surface area contributed by atoms with Gasteiger partial charge in [0.05, 0.1) is 5.92 Å². The van der Waals surface area contributed by atoms with E-state index in [4.69, 9.17) is 5.11 Å². The fraction of sp³-hybridized carbons (Fsp3) is 0.846. The van der Waals surface area contributed by atoms with E-state index in [0.717, 1.165) is 19.3 Å². The number of carbonyl (C=O) groups excluding carboxylic acids is 1. The topological polar surface area (TPSA) is 89.9 Å². The number of nitrogens with zero attached hydrogens (tertiary/aromatic N) is 1. The van der Waals surface area contributed by atoms with Crippen molar-refractivity contribution < 1.29 is 19.8 Å². The SMILES string of the molecule is O=C(O)C1CNCCN(C(=O)C2(O)CCCCC2)C1. The molecule has 1 saturated heterocycles. The molecule has 1 atom stereocenters. The van der Waals surface area contributed by atoms with Crippen molar-refractivity contribution in [1.82, 2.24) is 10.2 Å². The first-order valence-corrected chi connectivity index (χ1v) is 6.98. The molecule has 6 nitrogen and oxygen atoms in total. The van der Waals surface area contributed by atoms with E-state index in [-0.39, 0.29) is 12.5 Å². The Morgan fingerprint density at radius 1 is 1.21 bits per heavy atom. The Hall–Kier alpha value is -1.14. The third-order valence-electron chi connectivity index (χ3n) is 4.11. The van der Waals surface area contributed by atoms with E-state index in [1.54, 1.807) is 0 Å². The van der Waals surface area contributed by atoms with Crippen LogP contribution in [0.1, 0.15) is 32.1 Å². The van der Waals surface area contributed by atoms with Gasteiger partial charge in [0.25, 0.3) is 5.91 Å². The number of carbonyl (C=O) groups is 2. The van der Waals surface area contributed by atoms with Crippen LogP contribution >= 0.6 is 0 Å². The second-order valence-corrected chi connectivity index (χ2v) is 5.58. The highest BCUT2D eigenvalue weighted by Crippen LogP contribution is 2.30. The van der Waals surface area contributed by atoms with Gasteiger partial charge >= 0.3 is 5.97 Å². The number of carboxylic acid groups (broad SMARTS) is 1. The van der Waals surface area contributed by atoms with Gasteiger partial charge in [-0.2, -0.15) is 0 Å². The van der Waals surface area contributed by atoms with Gasteiger partial charge in [-0.1, -0.05) is 19.3 Å². The van der Waals surface area contributed by atoms with Crippen LogP contribution in [0.4, 0.5) is 0 Å². The molecule has 2 fully saturated rings. The first kappa shape index (κ1) is 14.3. The molecule has 0 aromatic rings. The van der Waals surface area contributed by atoms with Crippen molar-refractivity contribution in [2.45, 2.75) is 37.7 Å². The lowest BCUT2D eigenvalue weighted by Gasteiger charge is -2.35. The smallest absolute Gasteiger partial charge is 0.309 e. The second-order valence-electron chi connectivity index (χ2n) is 5.58. The van der Waals surface area contributed by atoms with E-state index in [9.17, 15) is 14.7 Å². The zero-order valence-electron chi connectivity index (χ0n) is 11.1. The minimum atomic E-state index is -1.27. The number of aliphatic carboxylic acids is 1. The largest absolute Gasteiger partial charge is 0.481 e. The Kier molecular flexibility index (Phi) is 4.42. The van der Waals surface area contributed by atoms with Gasteiger partial charge in [-0.25, -0.2) is 0 Å². The third-order valence-corrected chi connectivity index (χ3v) is 4.11. The van der Waals surface area contributed by atoms with Crippen LogP contribution in [0.3, 0.4) is 0 Å². The highest BCUT2D eigenvalue weighted by atomic mass is 16.4. The Labute approximate surface area is 112 Å². The van der Waals surface area contributed by atoms with E-state index >= 15 is 0 Å². The Balaban J connectivity index is 2.06. The lowest BCUT2D eigenvalue weighted by Crippen LogP contribution is -2.52. The molecule has 19 heavy (non-hydrogen) atoms. The Bertz CT molecular complexity index is 353. The zero-order chi connectivity index (χ0) is 13.9. The maximum Gasteiger partial charge on any atom is 0.309 e. The monoisotopic (exact) mass is 270 g/mol. The summed E-state index contributed by atoms with van der Waals surface area (Å²) in [5, 5.41) is 22.6. The maximum atomic E-state index is 12.5. The highest BCUT2D eigenvalue weighted by molar-refractivity contribution is 5.85. The summed E-state index contributed by atoms with van der Waals surface area (Å²) in [6, 6.07) is 0. The fourth-order valence-corrected chi connectivity index (χ4v) is 2.91. The van der Waals surface area contributed by atoms with Gasteiger partial charge < -0.3 is 20.4 Å². The van der Waals surface area contributed by atoms with Crippen LogP contribution in [0.5, 0.6) is 0 Å². The molecule has 3 N–H and O–H groups in total. The van der Waals surface area contributed by atoms with Crippen molar-refractivity contribution in [1.29, 1.82) is 0 Å². The van der Waals surface area contributed by atoms with Crippen molar-refractivity contribution in [2.24, 2.45) is 5.92 Å². The summed E-state index contributed by atoms with van der Waals surface area (Å²) in [4.78, 5) is 25.1. The van der Waals surface area contributed by atoms with Crippen LogP contribution in [0.15, 0.2) is 0 Å². The van der Waals surface area contributed by atoms with Crippen LogP contribution in [0, 0.1) is 5.92 Å². The number of hydrogen-bond donors (Lipinski definition) is 3. The summed E-state index contributed by atoms with van der Waals surface area (Å²) in [5.41, 5.74) is -1.27. The summed E-state index contributed by atoms with van der Waals surface area (Å²) >= 11 is 0. The Morgan fingerprint density at radius 2 is 1.89 bits per heavy atom. The van der Waals surface area contributed by atoms with E-state index < -0.39 is 17.5 Å². The molecule has 1 unspecified atom stereocenters. The molecule has 1 saturated carbocycles. The van der Waals surface area contributed by atoms with E-state index in [0.29, 0.717) is 32.5 Å². The normalized spacial score (nSPS) is 27.6. The van der Waals surface area contributed by atoms with Gasteiger partial charge in [0.15, 0.2) is 0 Å². The molecule has 108 valence electrons. The van der Waals surface area contributed by atoms with Gasteiger partial charge in [-0.05, 0) is 12.8 Å². The molecular weight excluding hydrogens is 248 g/mol. The average Bonchev–Trinajstić information content (AvgIpc) is 2.64. The average molecular weight is 270 g/mol. The number of aliphatic hydroxyl groups is 1. The molecule has 2 rings (SSSR count). The van der Waals surface area contributed by atoms with Crippen molar-refractivity contribution in [3.05, 3.63) is 0 Å². The van der Waals surface area contributed by atoms with Gasteiger partial charge in [-0.3, -0.25) is 9.59 Å². The predicted molar refractivity (Wildman–Crippen MR) is 68.6 cm³/mol. The molecule has 0 aromatic heterocycles. The van der Waals surface area contributed by atoms with Crippen LogP contribution in [0.25, 0.3) is 0 Å². The van der Waals surface area contributed by atoms with Crippen molar-refractivity contribution in [2.75, 3.05) is 26.2 Å². The molecule has 0 spiro atoms. The molecule has 1 aliphatic heterocycles. The van der Waals surface area contributed by atoms with Crippen LogP contribution in [-0.2, 0) is 9.59 Å². The predicted octanol–water partition coefficient (Wildman–Crippen LogP) is -0.186. The molecule has 1 amide bonds. The molecule has 2 aliphatic rings. The highest BCUT2D eigenvalue weighted by Gasteiger charge is 2.41. The molecule has 1 aliphatic carbocycles. The maximum absolute atomic E-state index is 12.5. The molecular formula is C13H22N2O4. The summed E-state index contributed by atoms with van der Waals surface area (Å²) in [6.07, 6.45) is 3.75. The summed E-state index contributed by atoms with van der Waals surface area (Å²) in [7, 11) is 0. The minimum absolute atomic E-state index is 0.184. The molecule has 6 heteroatoms. The van der Waals surface area contributed by atoms with Gasteiger partial charge in [-0.15, -0.1) is 0 Å². The molecule has 1 heterocycles. The van der Waals surface area contributed by atoms with Crippen molar-refractivity contribution >= 4 is 11.9 Å². The number of rotatable bonds is 2. The van der Waals surface area contributed by atoms with E-state index in [2.05, 4.69) is 5.32 Å². The minimum Gasteiger partial charge on any atom is -0.481 e. The number of hydrogen-bond acceptors (Lipinski definition) is 4. The first-order valence-electron chi connectivity index (χ1n) is 6.98. The summed E-state index contributed by atoms with van der Waals surface area (Å²) in [6.45, 7) is 1.59. The number of amides is 1. The van der Waals surface area contributed by atoms with Crippen LogP contribution in [-0.4, -0.2) is 58.8 Å². The Morgan fingerprint density at radius 3 is 2.53 bits per heavy atom. The molecule has 0 radical (unpaired) electrons. The van der Waals surface area contributed by atoms with Gasteiger partial charge in [0.1, 0.15) is 5.60 Å². The summed E-state index contributed by atoms with van der Waals surface area (Å²) in [5.74, 6) is -1.79. The van der Waals surface area contributed by atoms with E-state index in [1.807, 2.05) is 0 Å². The number of carboxylic acids is 1. The standard InChI is InChI=1S/C13H22N2O4/c16-11(17)10-8-14-6-7-15(9-10)12(18)13(19)4-2-1-3-5-13/h10,14,19H,1-9H2,(H,16,17). The number of nitrogens with one attached hydrogen (secondary N) is 1. The van der Waals surface area contributed by atoms with Crippen LogP contribution < -0.4 is 5.32 Å². The van der Waals surface area contributed by atoms with Crippen molar-refractivity contribution in [3.8, 4) is 0 Å².